The average Bonchev–Trinajstić information content (AvgIpc) is 2.63. The van der Waals surface area contributed by atoms with Crippen molar-refractivity contribution in [3.05, 3.63) is 35.4 Å². The summed E-state index contributed by atoms with van der Waals surface area (Å²) in [5.74, 6) is -1.47. The fourth-order valence-corrected chi connectivity index (χ4v) is 3.45. The number of benzene rings is 1. The molecule has 124 valence electrons. The third kappa shape index (κ3) is 4.45. The van der Waals surface area contributed by atoms with Gasteiger partial charge in [-0.25, -0.2) is 21.5 Å². The van der Waals surface area contributed by atoms with E-state index in [0.717, 1.165) is 12.1 Å². The van der Waals surface area contributed by atoms with Gasteiger partial charge in [0.15, 0.2) is 0 Å². The van der Waals surface area contributed by atoms with Crippen LogP contribution in [-0.4, -0.2) is 61.7 Å². The van der Waals surface area contributed by atoms with E-state index >= 15 is 0 Å². The number of aliphatic hydroxyl groups is 1. The van der Waals surface area contributed by atoms with Gasteiger partial charge in [-0.2, -0.15) is 0 Å². The summed E-state index contributed by atoms with van der Waals surface area (Å²) in [4.78, 5) is 1.89. The van der Waals surface area contributed by atoms with Gasteiger partial charge in [-0.05, 0) is 19.0 Å². The number of rotatable bonds is 4. The van der Waals surface area contributed by atoms with Gasteiger partial charge in [0.1, 0.15) is 11.6 Å². The molecule has 1 aliphatic rings. The summed E-state index contributed by atoms with van der Waals surface area (Å²) < 4.78 is 51.0. The number of nitrogens with zero attached hydrogens (tertiary/aromatic N) is 2. The van der Waals surface area contributed by atoms with E-state index in [1.54, 1.807) is 0 Å². The number of sulfonamides is 1. The Morgan fingerprint density at radius 1 is 1.23 bits per heavy atom. The fraction of sp³-hybridized carbons (Fsp3) is 0.571. The van der Waals surface area contributed by atoms with Gasteiger partial charge >= 0.3 is 0 Å². The van der Waals surface area contributed by atoms with Crippen LogP contribution >= 0.6 is 0 Å². The second-order valence-electron chi connectivity index (χ2n) is 5.50. The maximum absolute atomic E-state index is 13.6. The molecule has 1 aromatic rings. The van der Waals surface area contributed by atoms with Crippen molar-refractivity contribution in [2.45, 2.75) is 12.5 Å². The van der Waals surface area contributed by atoms with Crippen molar-refractivity contribution in [1.82, 2.24) is 9.21 Å². The zero-order valence-electron chi connectivity index (χ0n) is 12.4. The first kappa shape index (κ1) is 17.3. The van der Waals surface area contributed by atoms with E-state index in [0.29, 0.717) is 32.6 Å². The molecule has 0 radical (unpaired) electrons. The SMILES string of the molecule is CS(=O)(=O)N1CCCN(CC(O)c2ccc(F)cc2F)CC1. The zero-order chi connectivity index (χ0) is 16.3. The molecular weight excluding hydrogens is 314 g/mol. The predicted molar refractivity (Wildman–Crippen MR) is 78.8 cm³/mol. The minimum absolute atomic E-state index is 0.0469. The molecule has 1 unspecified atom stereocenters. The van der Waals surface area contributed by atoms with Crippen LogP contribution in [0.25, 0.3) is 0 Å². The summed E-state index contributed by atoms with van der Waals surface area (Å²) >= 11 is 0. The Morgan fingerprint density at radius 3 is 2.59 bits per heavy atom. The molecule has 5 nitrogen and oxygen atoms in total. The van der Waals surface area contributed by atoms with Gasteiger partial charge in [0.25, 0.3) is 0 Å². The largest absolute Gasteiger partial charge is 0.387 e. The van der Waals surface area contributed by atoms with Crippen molar-refractivity contribution in [3.8, 4) is 0 Å². The molecule has 0 aliphatic carbocycles. The topological polar surface area (TPSA) is 60.9 Å². The summed E-state index contributed by atoms with van der Waals surface area (Å²) in [5, 5.41) is 10.1. The first-order chi connectivity index (χ1) is 10.3. The van der Waals surface area contributed by atoms with Gasteiger partial charge in [0.2, 0.25) is 10.0 Å². The van der Waals surface area contributed by atoms with Crippen molar-refractivity contribution in [1.29, 1.82) is 0 Å². The van der Waals surface area contributed by atoms with E-state index in [9.17, 15) is 22.3 Å². The highest BCUT2D eigenvalue weighted by Crippen LogP contribution is 2.20. The maximum Gasteiger partial charge on any atom is 0.211 e. The summed E-state index contributed by atoms with van der Waals surface area (Å²) in [6.07, 6.45) is 0.738. The second-order valence-corrected chi connectivity index (χ2v) is 7.48. The van der Waals surface area contributed by atoms with E-state index < -0.39 is 27.8 Å². The fourth-order valence-electron chi connectivity index (χ4n) is 2.58. The Hall–Kier alpha value is -1.09. The van der Waals surface area contributed by atoms with Crippen molar-refractivity contribution in [2.75, 3.05) is 39.0 Å². The number of aliphatic hydroxyl groups excluding tert-OH is 1. The zero-order valence-corrected chi connectivity index (χ0v) is 13.2. The van der Waals surface area contributed by atoms with Crippen LogP contribution in [0.3, 0.4) is 0 Å². The Balaban J connectivity index is 1.98. The molecule has 1 aliphatic heterocycles. The van der Waals surface area contributed by atoms with Crippen molar-refractivity contribution in [2.24, 2.45) is 0 Å². The van der Waals surface area contributed by atoms with E-state index in [2.05, 4.69) is 0 Å². The summed E-state index contributed by atoms with van der Waals surface area (Å²) in [6, 6.07) is 3.08. The highest BCUT2D eigenvalue weighted by Gasteiger charge is 2.23. The first-order valence-electron chi connectivity index (χ1n) is 7.08. The second kappa shape index (κ2) is 6.99. The van der Waals surface area contributed by atoms with Crippen molar-refractivity contribution >= 4 is 10.0 Å². The van der Waals surface area contributed by atoms with Crippen LogP contribution in [-0.2, 0) is 10.0 Å². The van der Waals surface area contributed by atoms with Gasteiger partial charge in [0.05, 0.1) is 12.4 Å². The molecular formula is C14H20F2N2O3S. The van der Waals surface area contributed by atoms with Crippen LogP contribution in [0.15, 0.2) is 18.2 Å². The molecule has 1 aromatic carbocycles. The lowest BCUT2D eigenvalue weighted by Gasteiger charge is -2.24. The molecule has 1 N–H and O–H groups in total. The van der Waals surface area contributed by atoms with Gasteiger partial charge in [-0.1, -0.05) is 6.07 Å². The number of halogens is 2. The Bertz CT molecular complexity index is 625. The normalized spacial score (nSPS) is 19.8. The smallest absolute Gasteiger partial charge is 0.211 e. The number of hydrogen-bond acceptors (Lipinski definition) is 4. The quantitative estimate of drug-likeness (QED) is 0.891. The number of hydrogen-bond donors (Lipinski definition) is 1. The predicted octanol–water partition coefficient (Wildman–Crippen LogP) is 0.965. The maximum atomic E-state index is 13.6. The molecule has 1 heterocycles. The third-order valence-electron chi connectivity index (χ3n) is 3.77. The van der Waals surface area contributed by atoms with Gasteiger partial charge in [0, 0.05) is 37.8 Å². The molecule has 2 rings (SSSR count). The highest BCUT2D eigenvalue weighted by atomic mass is 32.2. The lowest BCUT2D eigenvalue weighted by Crippen LogP contribution is -2.35. The summed E-state index contributed by atoms with van der Waals surface area (Å²) in [6.45, 7) is 2.05. The highest BCUT2D eigenvalue weighted by molar-refractivity contribution is 7.88. The van der Waals surface area contributed by atoms with Crippen LogP contribution in [0.4, 0.5) is 8.78 Å². The monoisotopic (exact) mass is 334 g/mol. The van der Waals surface area contributed by atoms with Crippen LogP contribution in [0.5, 0.6) is 0 Å². The molecule has 0 bridgehead atoms. The van der Waals surface area contributed by atoms with E-state index in [-0.39, 0.29) is 12.1 Å². The molecule has 1 saturated heterocycles. The van der Waals surface area contributed by atoms with Crippen LogP contribution < -0.4 is 0 Å². The van der Waals surface area contributed by atoms with Gasteiger partial charge in [-0.3, -0.25) is 4.90 Å². The molecule has 0 saturated carbocycles. The van der Waals surface area contributed by atoms with Crippen molar-refractivity contribution < 1.29 is 22.3 Å². The molecule has 0 amide bonds. The minimum Gasteiger partial charge on any atom is -0.387 e. The molecule has 1 atom stereocenters. The van der Waals surface area contributed by atoms with Crippen molar-refractivity contribution in [3.63, 3.8) is 0 Å². The Labute approximate surface area is 129 Å². The van der Waals surface area contributed by atoms with E-state index in [4.69, 9.17) is 0 Å². The lowest BCUT2D eigenvalue weighted by atomic mass is 10.1. The van der Waals surface area contributed by atoms with Gasteiger partial charge in [-0.15, -0.1) is 0 Å². The van der Waals surface area contributed by atoms with Crippen LogP contribution in [0, 0.1) is 11.6 Å². The minimum atomic E-state index is -3.22. The van der Waals surface area contributed by atoms with Crippen LogP contribution in [0.1, 0.15) is 18.1 Å². The first-order valence-corrected chi connectivity index (χ1v) is 8.92. The molecule has 0 aromatic heterocycles. The van der Waals surface area contributed by atoms with E-state index in [1.165, 1.54) is 16.6 Å². The summed E-state index contributed by atoms with van der Waals surface area (Å²) in [7, 11) is -3.22. The number of β-amino-alcohol motifs (C(OH)–C–C–N with tert-alkyl or cyclic N) is 1. The lowest BCUT2D eigenvalue weighted by molar-refractivity contribution is 0.113. The standard InChI is InChI=1S/C14H20F2N2O3S/c1-22(20,21)18-6-2-5-17(7-8-18)10-14(19)12-4-3-11(15)9-13(12)16/h3-4,9,14,19H,2,5-8,10H2,1H3. The van der Waals surface area contributed by atoms with Gasteiger partial charge < -0.3 is 5.11 Å². The summed E-state index contributed by atoms with van der Waals surface area (Å²) in [5.41, 5.74) is 0.0469. The van der Waals surface area contributed by atoms with Crippen LogP contribution in [0.2, 0.25) is 0 Å². The Morgan fingerprint density at radius 2 is 1.95 bits per heavy atom. The van der Waals surface area contributed by atoms with E-state index in [1.807, 2.05) is 4.90 Å². The molecule has 22 heavy (non-hydrogen) atoms. The molecule has 1 fully saturated rings. The Kier molecular flexibility index (Phi) is 5.49. The third-order valence-corrected chi connectivity index (χ3v) is 5.07. The molecule has 8 heteroatoms. The molecule has 0 spiro atoms. The average molecular weight is 334 g/mol.